The zero-order valence-corrected chi connectivity index (χ0v) is 20.5. The van der Waals surface area contributed by atoms with Crippen LogP contribution >= 0.6 is 0 Å². The molecule has 8 nitrogen and oxygen atoms in total. The number of ketones is 1. The standard InChI is InChI=1S/C28H27N3O5/c1-33-22-12-10-20(11-13-22)29-15-14-24(32)23-18-31(21-8-6-5-7-9-21)30-27(23)19-16-25(34-2)28(36-4)26(17-19)35-3/h5-18,29H,1-4H3/b15-14-. The van der Waals surface area contributed by atoms with Crippen molar-refractivity contribution in [3.05, 3.63) is 90.8 Å². The third-order valence-electron chi connectivity index (χ3n) is 5.51. The molecule has 0 bridgehead atoms. The van der Waals surface area contributed by atoms with Crippen LogP contribution in [0.1, 0.15) is 10.4 Å². The summed E-state index contributed by atoms with van der Waals surface area (Å²) in [6, 6.07) is 20.5. The molecule has 0 fully saturated rings. The van der Waals surface area contributed by atoms with Crippen LogP contribution in [-0.2, 0) is 0 Å². The Kier molecular flexibility index (Phi) is 7.55. The maximum Gasteiger partial charge on any atom is 0.203 e. The fourth-order valence-corrected chi connectivity index (χ4v) is 3.69. The van der Waals surface area contributed by atoms with Gasteiger partial charge in [-0.3, -0.25) is 4.79 Å². The summed E-state index contributed by atoms with van der Waals surface area (Å²) in [5.41, 5.74) is 3.20. The Bertz CT molecular complexity index is 1340. The van der Waals surface area contributed by atoms with Gasteiger partial charge in [0, 0.05) is 29.7 Å². The maximum absolute atomic E-state index is 13.3. The minimum absolute atomic E-state index is 0.220. The molecule has 4 aromatic rings. The number of carbonyl (C=O) groups excluding carboxylic acids is 1. The van der Waals surface area contributed by atoms with E-state index in [9.17, 15) is 4.79 Å². The van der Waals surface area contributed by atoms with Crippen LogP contribution in [0.2, 0.25) is 0 Å². The fraction of sp³-hybridized carbons (Fsp3) is 0.143. The highest BCUT2D eigenvalue weighted by Gasteiger charge is 2.21. The van der Waals surface area contributed by atoms with Gasteiger partial charge >= 0.3 is 0 Å². The smallest absolute Gasteiger partial charge is 0.203 e. The number of para-hydroxylation sites is 1. The van der Waals surface area contributed by atoms with E-state index in [2.05, 4.69) is 5.32 Å². The van der Waals surface area contributed by atoms with Crippen molar-refractivity contribution in [1.29, 1.82) is 0 Å². The van der Waals surface area contributed by atoms with Crippen molar-refractivity contribution in [2.75, 3.05) is 33.8 Å². The second kappa shape index (κ2) is 11.1. The number of aromatic nitrogens is 2. The van der Waals surface area contributed by atoms with Crippen LogP contribution in [0.5, 0.6) is 23.0 Å². The Labute approximate surface area is 209 Å². The van der Waals surface area contributed by atoms with E-state index in [-0.39, 0.29) is 5.78 Å². The predicted octanol–water partition coefficient (Wildman–Crippen LogP) is 5.38. The minimum Gasteiger partial charge on any atom is -0.497 e. The van der Waals surface area contributed by atoms with E-state index in [1.807, 2.05) is 54.6 Å². The first kappa shape index (κ1) is 24.4. The Morgan fingerprint density at radius 2 is 1.53 bits per heavy atom. The number of benzene rings is 3. The van der Waals surface area contributed by atoms with Crippen molar-refractivity contribution < 1.29 is 23.7 Å². The van der Waals surface area contributed by atoms with E-state index in [4.69, 9.17) is 24.0 Å². The molecule has 4 rings (SSSR count). The molecule has 0 saturated carbocycles. The van der Waals surface area contributed by atoms with Gasteiger partial charge in [0.15, 0.2) is 17.3 Å². The van der Waals surface area contributed by atoms with E-state index < -0.39 is 0 Å². The molecule has 0 aliphatic rings. The largest absolute Gasteiger partial charge is 0.497 e. The highest BCUT2D eigenvalue weighted by atomic mass is 16.5. The number of allylic oxidation sites excluding steroid dienone is 1. The molecule has 0 radical (unpaired) electrons. The quantitative estimate of drug-likeness (QED) is 0.238. The van der Waals surface area contributed by atoms with Gasteiger partial charge in [0.1, 0.15) is 11.4 Å². The van der Waals surface area contributed by atoms with Gasteiger partial charge in [0.2, 0.25) is 5.75 Å². The van der Waals surface area contributed by atoms with Crippen molar-refractivity contribution in [3.8, 4) is 39.9 Å². The zero-order valence-electron chi connectivity index (χ0n) is 20.5. The van der Waals surface area contributed by atoms with Crippen LogP contribution < -0.4 is 24.3 Å². The van der Waals surface area contributed by atoms with Crippen molar-refractivity contribution >= 4 is 11.5 Å². The number of nitrogens with zero attached hydrogens (tertiary/aromatic N) is 2. The first-order chi connectivity index (χ1) is 17.6. The summed E-state index contributed by atoms with van der Waals surface area (Å²) in [6.45, 7) is 0. The van der Waals surface area contributed by atoms with Gasteiger partial charge in [0.25, 0.3) is 0 Å². The maximum atomic E-state index is 13.3. The van der Waals surface area contributed by atoms with E-state index in [0.29, 0.717) is 34.1 Å². The molecular formula is C28H27N3O5. The molecule has 184 valence electrons. The van der Waals surface area contributed by atoms with Gasteiger partial charge in [-0.05, 0) is 48.5 Å². The molecule has 0 unspecified atom stereocenters. The zero-order chi connectivity index (χ0) is 25.5. The van der Waals surface area contributed by atoms with Crippen molar-refractivity contribution in [2.24, 2.45) is 0 Å². The summed E-state index contributed by atoms with van der Waals surface area (Å²) in [7, 11) is 6.24. The van der Waals surface area contributed by atoms with Gasteiger partial charge < -0.3 is 24.3 Å². The second-order valence-corrected chi connectivity index (χ2v) is 7.66. The summed E-state index contributed by atoms with van der Waals surface area (Å²) in [4.78, 5) is 13.3. The average Bonchev–Trinajstić information content (AvgIpc) is 3.39. The number of methoxy groups -OCH3 is 4. The van der Waals surface area contributed by atoms with E-state index in [1.165, 1.54) is 6.08 Å². The molecule has 0 aliphatic carbocycles. The summed E-state index contributed by atoms with van der Waals surface area (Å²) in [5, 5.41) is 7.84. The number of rotatable bonds is 10. The van der Waals surface area contributed by atoms with Gasteiger partial charge in [-0.2, -0.15) is 5.10 Å². The Morgan fingerprint density at radius 3 is 2.11 bits per heavy atom. The van der Waals surface area contributed by atoms with Gasteiger partial charge in [0.05, 0.1) is 39.7 Å². The number of nitrogens with one attached hydrogen (secondary N) is 1. The minimum atomic E-state index is -0.220. The summed E-state index contributed by atoms with van der Waals surface area (Å²) >= 11 is 0. The van der Waals surface area contributed by atoms with Crippen LogP contribution in [-0.4, -0.2) is 44.0 Å². The third kappa shape index (κ3) is 5.17. The van der Waals surface area contributed by atoms with Crippen molar-refractivity contribution in [3.63, 3.8) is 0 Å². The molecule has 1 heterocycles. The fourth-order valence-electron chi connectivity index (χ4n) is 3.69. The van der Waals surface area contributed by atoms with Crippen molar-refractivity contribution in [1.82, 2.24) is 9.78 Å². The first-order valence-corrected chi connectivity index (χ1v) is 11.1. The van der Waals surface area contributed by atoms with Gasteiger partial charge in [-0.15, -0.1) is 0 Å². The van der Waals surface area contributed by atoms with Crippen LogP contribution in [0.3, 0.4) is 0 Å². The van der Waals surface area contributed by atoms with Crippen LogP contribution in [0.25, 0.3) is 16.9 Å². The van der Waals surface area contributed by atoms with E-state index >= 15 is 0 Å². The van der Waals surface area contributed by atoms with Gasteiger partial charge in [-0.1, -0.05) is 18.2 Å². The first-order valence-electron chi connectivity index (χ1n) is 11.1. The molecule has 36 heavy (non-hydrogen) atoms. The molecule has 1 N–H and O–H groups in total. The second-order valence-electron chi connectivity index (χ2n) is 7.66. The van der Waals surface area contributed by atoms with E-state index in [1.54, 1.807) is 57.7 Å². The molecule has 0 aliphatic heterocycles. The molecule has 0 atom stereocenters. The lowest BCUT2D eigenvalue weighted by atomic mass is 10.0. The van der Waals surface area contributed by atoms with E-state index in [0.717, 1.165) is 17.1 Å². The Balaban J connectivity index is 1.72. The van der Waals surface area contributed by atoms with Crippen LogP contribution in [0.15, 0.2) is 85.2 Å². The number of hydrogen-bond acceptors (Lipinski definition) is 7. The van der Waals surface area contributed by atoms with Crippen molar-refractivity contribution in [2.45, 2.75) is 0 Å². The topological polar surface area (TPSA) is 83.8 Å². The molecule has 1 aromatic heterocycles. The lowest BCUT2D eigenvalue weighted by molar-refractivity contribution is 0.104. The highest BCUT2D eigenvalue weighted by Crippen LogP contribution is 2.41. The highest BCUT2D eigenvalue weighted by molar-refractivity contribution is 6.08. The van der Waals surface area contributed by atoms with Crippen LogP contribution in [0, 0.1) is 0 Å². The lowest BCUT2D eigenvalue weighted by Crippen LogP contribution is -1.99. The number of anilines is 1. The normalized spacial score (nSPS) is 10.8. The summed E-state index contributed by atoms with van der Waals surface area (Å²) < 4.78 is 23.3. The number of hydrogen-bond donors (Lipinski definition) is 1. The Hall–Kier alpha value is -4.72. The molecule has 0 spiro atoms. The molecule has 3 aromatic carbocycles. The third-order valence-corrected chi connectivity index (χ3v) is 5.51. The molecule has 8 heteroatoms. The summed E-state index contributed by atoms with van der Waals surface area (Å²) in [5.74, 6) is 1.93. The average molecular weight is 486 g/mol. The number of carbonyl (C=O) groups is 1. The SMILES string of the molecule is COc1ccc(N/C=C\C(=O)c2cn(-c3ccccc3)nc2-c2cc(OC)c(OC)c(OC)c2)cc1. The monoisotopic (exact) mass is 485 g/mol. The van der Waals surface area contributed by atoms with Crippen LogP contribution in [0.4, 0.5) is 5.69 Å². The predicted molar refractivity (Wildman–Crippen MR) is 139 cm³/mol. The van der Waals surface area contributed by atoms with Gasteiger partial charge in [-0.25, -0.2) is 4.68 Å². The number of ether oxygens (including phenoxy) is 4. The lowest BCUT2D eigenvalue weighted by Gasteiger charge is -2.13. The Morgan fingerprint density at radius 1 is 0.861 bits per heavy atom. The molecule has 0 amide bonds. The summed E-state index contributed by atoms with van der Waals surface area (Å²) in [6.07, 6.45) is 4.79. The molecule has 0 saturated heterocycles. The molecular weight excluding hydrogens is 458 g/mol.